The SMILES string of the molecule is CCOc1ccc2c(c1)C(=O)CC1C2CCC2(C)C(OCOC)CCC12. The fraction of sp³-hybridized carbons (Fsp3) is 0.682. The lowest BCUT2D eigenvalue weighted by molar-refractivity contribution is -0.124. The lowest BCUT2D eigenvalue weighted by Gasteiger charge is -2.50. The molecule has 5 atom stereocenters. The van der Waals surface area contributed by atoms with E-state index in [-0.39, 0.29) is 17.3 Å². The van der Waals surface area contributed by atoms with Gasteiger partial charge in [0.1, 0.15) is 12.5 Å². The Hall–Kier alpha value is -1.39. The zero-order valence-electron chi connectivity index (χ0n) is 16.1. The maximum atomic E-state index is 12.9. The van der Waals surface area contributed by atoms with Crippen LogP contribution in [0.4, 0.5) is 0 Å². The molecule has 5 unspecified atom stereocenters. The van der Waals surface area contributed by atoms with Crippen LogP contribution in [0.15, 0.2) is 18.2 Å². The van der Waals surface area contributed by atoms with E-state index in [4.69, 9.17) is 14.2 Å². The van der Waals surface area contributed by atoms with E-state index in [1.807, 2.05) is 19.1 Å². The first kappa shape index (κ1) is 18.0. The smallest absolute Gasteiger partial charge is 0.163 e. The second kappa shape index (κ2) is 6.97. The van der Waals surface area contributed by atoms with Crippen LogP contribution in [0.3, 0.4) is 0 Å². The summed E-state index contributed by atoms with van der Waals surface area (Å²) in [5, 5.41) is 0. The number of benzene rings is 1. The van der Waals surface area contributed by atoms with Crippen molar-refractivity contribution in [1.29, 1.82) is 0 Å². The number of fused-ring (bicyclic) bond motifs is 5. The third-order valence-corrected chi connectivity index (χ3v) is 7.19. The monoisotopic (exact) mass is 358 g/mol. The van der Waals surface area contributed by atoms with Crippen LogP contribution < -0.4 is 4.74 Å². The van der Waals surface area contributed by atoms with Crippen LogP contribution >= 0.6 is 0 Å². The van der Waals surface area contributed by atoms with Crippen molar-refractivity contribution in [2.45, 2.75) is 58.0 Å². The molecule has 0 amide bonds. The standard InChI is InChI=1S/C22H30O4/c1-4-25-14-5-6-15-16-9-10-22(2)19(7-8-21(22)26-13-24-3)17(16)12-20(23)18(15)11-14/h5-6,11,16-17,19,21H,4,7-10,12-13H2,1-3H3. The summed E-state index contributed by atoms with van der Waals surface area (Å²) in [6.45, 7) is 5.34. The predicted octanol–water partition coefficient (Wildman–Crippen LogP) is 4.57. The lowest BCUT2D eigenvalue weighted by Crippen LogP contribution is -2.45. The highest BCUT2D eigenvalue weighted by Gasteiger charge is 2.56. The highest BCUT2D eigenvalue weighted by Crippen LogP contribution is 2.61. The zero-order chi connectivity index (χ0) is 18.3. The van der Waals surface area contributed by atoms with E-state index in [9.17, 15) is 4.79 Å². The molecule has 142 valence electrons. The Morgan fingerprint density at radius 2 is 2.08 bits per heavy atom. The number of hydrogen-bond donors (Lipinski definition) is 0. The summed E-state index contributed by atoms with van der Waals surface area (Å²) in [6, 6.07) is 6.14. The van der Waals surface area contributed by atoms with Crippen molar-refractivity contribution in [1.82, 2.24) is 0 Å². The Labute approximate surface area is 156 Å². The zero-order valence-corrected chi connectivity index (χ0v) is 16.1. The molecule has 1 aromatic carbocycles. The molecule has 26 heavy (non-hydrogen) atoms. The van der Waals surface area contributed by atoms with E-state index in [2.05, 4.69) is 13.0 Å². The van der Waals surface area contributed by atoms with Gasteiger partial charge < -0.3 is 14.2 Å². The van der Waals surface area contributed by atoms with Crippen LogP contribution in [0.5, 0.6) is 5.75 Å². The van der Waals surface area contributed by atoms with Gasteiger partial charge in [0.25, 0.3) is 0 Å². The summed E-state index contributed by atoms with van der Waals surface area (Å²) < 4.78 is 16.8. The van der Waals surface area contributed by atoms with E-state index >= 15 is 0 Å². The van der Waals surface area contributed by atoms with E-state index in [1.54, 1.807) is 7.11 Å². The minimum atomic E-state index is 0.169. The normalized spacial score (nSPS) is 35.6. The van der Waals surface area contributed by atoms with Crippen molar-refractivity contribution in [3.05, 3.63) is 29.3 Å². The van der Waals surface area contributed by atoms with Gasteiger partial charge in [0.2, 0.25) is 0 Å². The van der Waals surface area contributed by atoms with E-state index in [1.165, 1.54) is 5.56 Å². The molecule has 0 radical (unpaired) electrons. The number of ketones is 1. The number of ether oxygens (including phenoxy) is 3. The minimum absolute atomic E-state index is 0.169. The molecule has 0 aliphatic heterocycles. The molecule has 0 N–H and O–H groups in total. The predicted molar refractivity (Wildman–Crippen MR) is 99.6 cm³/mol. The summed E-state index contributed by atoms with van der Waals surface area (Å²) in [5.41, 5.74) is 2.31. The number of methoxy groups -OCH3 is 1. The first-order valence-corrected chi connectivity index (χ1v) is 9.99. The Morgan fingerprint density at radius 3 is 2.85 bits per heavy atom. The molecule has 4 nitrogen and oxygen atoms in total. The molecule has 0 spiro atoms. The summed E-state index contributed by atoms with van der Waals surface area (Å²) in [4.78, 5) is 12.9. The quantitative estimate of drug-likeness (QED) is 0.723. The third-order valence-electron chi connectivity index (χ3n) is 7.19. The number of rotatable bonds is 5. The van der Waals surface area contributed by atoms with Gasteiger partial charge in [-0.25, -0.2) is 0 Å². The molecule has 4 rings (SSSR count). The molecule has 3 aliphatic carbocycles. The van der Waals surface area contributed by atoms with Crippen LogP contribution in [0.1, 0.15) is 67.8 Å². The maximum absolute atomic E-state index is 12.9. The summed E-state index contributed by atoms with van der Waals surface area (Å²) in [5.74, 6) is 2.60. The van der Waals surface area contributed by atoms with Crippen molar-refractivity contribution in [3.63, 3.8) is 0 Å². The van der Waals surface area contributed by atoms with Crippen LogP contribution in [0.2, 0.25) is 0 Å². The summed E-state index contributed by atoms with van der Waals surface area (Å²) >= 11 is 0. The van der Waals surface area contributed by atoms with Gasteiger partial charge in [0, 0.05) is 19.1 Å². The Bertz CT molecular complexity index is 685. The molecular weight excluding hydrogens is 328 g/mol. The van der Waals surface area contributed by atoms with Crippen molar-refractivity contribution >= 4 is 5.78 Å². The second-order valence-electron chi connectivity index (χ2n) is 8.37. The molecule has 3 aliphatic rings. The van der Waals surface area contributed by atoms with Crippen LogP contribution in [0.25, 0.3) is 0 Å². The molecule has 1 aromatic rings. The first-order valence-electron chi connectivity index (χ1n) is 9.99. The van der Waals surface area contributed by atoms with Gasteiger partial charge in [0.15, 0.2) is 5.78 Å². The Morgan fingerprint density at radius 1 is 1.23 bits per heavy atom. The Balaban J connectivity index is 1.61. The average molecular weight is 358 g/mol. The maximum Gasteiger partial charge on any atom is 0.163 e. The van der Waals surface area contributed by atoms with Crippen molar-refractivity contribution in [2.75, 3.05) is 20.5 Å². The van der Waals surface area contributed by atoms with Gasteiger partial charge in [-0.2, -0.15) is 0 Å². The number of Topliss-reactive ketones (excluding diaryl/α,β-unsaturated/α-hetero) is 1. The number of carbonyl (C=O) groups is 1. The number of carbonyl (C=O) groups excluding carboxylic acids is 1. The lowest BCUT2D eigenvalue weighted by atomic mass is 9.55. The molecule has 0 heterocycles. The van der Waals surface area contributed by atoms with Gasteiger partial charge in [-0.1, -0.05) is 13.0 Å². The molecular formula is C22H30O4. The molecule has 0 bridgehead atoms. The van der Waals surface area contributed by atoms with Crippen molar-refractivity contribution in [3.8, 4) is 5.75 Å². The van der Waals surface area contributed by atoms with E-state index in [0.29, 0.717) is 37.6 Å². The average Bonchev–Trinajstić information content (AvgIpc) is 2.97. The molecule has 4 heteroatoms. The van der Waals surface area contributed by atoms with Crippen LogP contribution in [0, 0.1) is 17.3 Å². The molecule has 0 saturated heterocycles. The first-order chi connectivity index (χ1) is 12.6. The summed E-state index contributed by atoms with van der Waals surface area (Å²) in [6.07, 6.45) is 5.46. The van der Waals surface area contributed by atoms with Gasteiger partial charge in [-0.05, 0) is 73.5 Å². The second-order valence-corrected chi connectivity index (χ2v) is 8.37. The van der Waals surface area contributed by atoms with Gasteiger partial charge in [0.05, 0.1) is 12.7 Å². The highest BCUT2D eigenvalue weighted by atomic mass is 16.7. The highest BCUT2D eigenvalue weighted by molar-refractivity contribution is 5.99. The van der Waals surface area contributed by atoms with Crippen molar-refractivity contribution < 1.29 is 19.0 Å². The number of hydrogen-bond acceptors (Lipinski definition) is 4. The minimum Gasteiger partial charge on any atom is -0.494 e. The largest absolute Gasteiger partial charge is 0.494 e. The summed E-state index contributed by atoms with van der Waals surface area (Å²) in [7, 11) is 1.68. The fourth-order valence-electron chi connectivity index (χ4n) is 6.01. The molecule has 2 saturated carbocycles. The van der Waals surface area contributed by atoms with Crippen LogP contribution in [-0.4, -0.2) is 32.4 Å². The fourth-order valence-corrected chi connectivity index (χ4v) is 6.01. The molecule has 0 aromatic heterocycles. The Kier molecular flexibility index (Phi) is 4.83. The van der Waals surface area contributed by atoms with Gasteiger partial charge in [-0.15, -0.1) is 0 Å². The van der Waals surface area contributed by atoms with Gasteiger partial charge >= 0.3 is 0 Å². The van der Waals surface area contributed by atoms with Crippen LogP contribution in [-0.2, 0) is 9.47 Å². The topological polar surface area (TPSA) is 44.8 Å². The van der Waals surface area contributed by atoms with Gasteiger partial charge in [-0.3, -0.25) is 4.79 Å². The van der Waals surface area contributed by atoms with Crippen molar-refractivity contribution in [2.24, 2.45) is 17.3 Å². The van der Waals surface area contributed by atoms with E-state index in [0.717, 1.165) is 37.0 Å². The third kappa shape index (κ3) is 2.78. The van der Waals surface area contributed by atoms with E-state index < -0.39 is 0 Å². The molecule has 2 fully saturated rings.